The van der Waals surface area contributed by atoms with Gasteiger partial charge in [-0.05, 0) is 18.7 Å². The highest BCUT2D eigenvalue weighted by Gasteiger charge is 2.11. The number of oxazole rings is 1. The van der Waals surface area contributed by atoms with E-state index in [1.165, 1.54) is 18.4 Å². The Hall–Kier alpha value is -1.59. The third-order valence-corrected chi connectivity index (χ3v) is 2.49. The van der Waals surface area contributed by atoms with Gasteiger partial charge in [0, 0.05) is 6.54 Å². The summed E-state index contributed by atoms with van der Waals surface area (Å²) >= 11 is 5.64. The lowest BCUT2D eigenvalue weighted by Crippen LogP contribution is -2.11. The van der Waals surface area contributed by atoms with Crippen molar-refractivity contribution in [1.82, 2.24) is 10.3 Å². The van der Waals surface area contributed by atoms with Crippen LogP contribution in [0.3, 0.4) is 0 Å². The molecule has 0 unspecified atom stereocenters. The molecule has 0 amide bonds. The fraction of sp³-hybridized carbons (Fsp3) is 0.250. The lowest BCUT2D eigenvalue weighted by atomic mass is 10.3. The molecule has 0 saturated heterocycles. The van der Waals surface area contributed by atoms with Gasteiger partial charge in [0.15, 0.2) is 11.6 Å². The van der Waals surface area contributed by atoms with Crippen LogP contribution in [-0.2, 0) is 6.54 Å². The summed E-state index contributed by atoms with van der Waals surface area (Å²) in [7, 11) is 0. The molecule has 0 aliphatic carbocycles. The first-order chi connectivity index (χ1) is 8.70. The van der Waals surface area contributed by atoms with Gasteiger partial charge in [0.05, 0.1) is 10.7 Å². The van der Waals surface area contributed by atoms with Gasteiger partial charge >= 0.3 is 6.08 Å². The van der Waals surface area contributed by atoms with E-state index in [2.05, 4.69) is 10.3 Å². The summed E-state index contributed by atoms with van der Waals surface area (Å²) in [5, 5.41) is 3.08. The summed E-state index contributed by atoms with van der Waals surface area (Å²) in [6.07, 6.45) is 1.45. The van der Waals surface area contributed by atoms with Gasteiger partial charge in [-0.3, -0.25) is 0 Å². The monoisotopic (exact) mass is 270 g/mol. The van der Waals surface area contributed by atoms with Crippen molar-refractivity contribution in [3.63, 3.8) is 0 Å². The lowest BCUT2D eigenvalue weighted by molar-refractivity contribution is 0.318. The zero-order valence-corrected chi connectivity index (χ0v) is 10.5. The van der Waals surface area contributed by atoms with Crippen molar-refractivity contribution in [3.8, 4) is 11.8 Å². The number of halogens is 2. The Labute approximate surface area is 109 Å². The Morgan fingerprint density at radius 2 is 2.33 bits per heavy atom. The van der Waals surface area contributed by atoms with E-state index in [0.29, 0.717) is 12.2 Å². The molecule has 0 atom stereocenters. The van der Waals surface area contributed by atoms with Gasteiger partial charge in [-0.1, -0.05) is 24.6 Å². The minimum absolute atomic E-state index is 0.00747. The average Bonchev–Trinajstić information content (AvgIpc) is 2.80. The van der Waals surface area contributed by atoms with Crippen molar-refractivity contribution in [2.75, 3.05) is 6.54 Å². The molecule has 18 heavy (non-hydrogen) atoms. The summed E-state index contributed by atoms with van der Waals surface area (Å²) in [5.41, 5.74) is 0.689. The van der Waals surface area contributed by atoms with E-state index < -0.39 is 5.82 Å². The Bertz CT molecular complexity index is 531. The molecule has 2 aromatic rings. The van der Waals surface area contributed by atoms with Crippen LogP contribution < -0.4 is 10.1 Å². The Morgan fingerprint density at radius 1 is 1.50 bits per heavy atom. The number of ether oxygens (including phenoxy) is 1. The summed E-state index contributed by atoms with van der Waals surface area (Å²) in [4.78, 5) is 4.05. The van der Waals surface area contributed by atoms with Crippen LogP contribution in [0.2, 0.25) is 5.02 Å². The highest BCUT2D eigenvalue weighted by Crippen LogP contribution is 2.28. The van der Waals surface area contributed by atoms with E-state index in [-0.39, 0.29) is 16.8 Å². The molecule has 0 bridgehead atoms. The van der Waals surface area contributed by atoms with Gasteiger partial charge < -0.3 is 14.5 Å². The first-order valence-electron chi connectivity index (χ1n) is 5.47. The molecule has 96 valence electrons. The van der Waals surface area contributed by atoms with E-state index in [1.807, 2.05) is 6.92 Å². The SMILES string of the molecule is CCNCc1coc(Oc2cccc(Cl)c2F)n1. The van der Waals surface area contributed by atoms with Crippen LogP contribution in [0.1, 0.15) is 12.6 Å². The first-order valence-corrected chi connectivity index (χ1v) is 5.85. The van der Waals surface area contributed by atoms with Crippen LogP contribution >= 0.6 is 11.6 Å². The van der Waals surface area contributed by atoms with Gasteiger partial charge in [-0.2, -0.15) is 4.98 Å². The third kappa shape index (κ3) is 3.00. The van der Waals surface area contributed by atoms with Gasteiger partial charge in [0.1, 0.15) is 6.26 Å². The van der Waals surface area contributed by atoms with Crippen molar-refractivity contribution in [3.05, 3.63) is 41.0 Å². The molecule has 0 saturated carbocycles. The van der Waals surface area contributed by atoms with Gasteiger partial charge in [0.2, 0.25) is 0 Å². The largest absolute Gasteiger partial charge is 0.417 e. The molecule has 1 aromatic carbocycles. The number of nitrogens with zero attached hydrogens (tertiary/aromatic N) is 1. The third-order valence-electron chi connectivity index (χ3n) is 2.20. The minimum atomic E-state index is -0.634. The quantitative estimate of drug-likeness (QED) is 0.905. The van der Waals surface area contributed by atoms with E-state index in [0.717, 1.165) is 6.54 Å². The molecule has 0 aliphatic heterocycles. The van der Waals surface area contributed by atoms with E-state index in [1.54, 1.807) is 6.07 Å². The summed E-state index contributed by atoms with van der Waals surface area (Å²) in [6, 6.07) is 4.48. The number of nitrogens with one attached hydrogen (secondary N) is 1. The molecule has 0 spiro atoms. The molecule has 1 N–H and O–H groups in total. The second-order valence-corrected chi connectivity index (χ2v) is 3.95. The summed E-state index contributed by atoms with van der Waals surface area (Å²) < 4.78 is 23.8. The second-order valence-electron chi connectivity index (χ2n) is 3.54. The normalized spacial score (nSPS) is 10.6. The topological polar surface area (TPSA) is 47.3 Å². The fourth-order valence-corrected chi connectivity index (χ4v) is 1.49. The molecule has 1 heterocycles. The molecular formula is C12H12ClFN2O2. The summed E-state index contributed by atoms with van der Waals surface area (Å²) in [5.74, 6) is -0.648. The smallest absolute Gasteiger partial charge is 0.399 e. The van der Waals surface area contributed by atoms with Crippen molar-refractivity contribution < 1.29 is 13.5 Å². The number of benzene rings is 1. The molecule has 0 radical (unpaired) electrons. The van der Waals surface area contributed by atoms with Crippen LogP contribution in [0.5, 0.6) is 11.8 Å². The predicted octanol–water partition coefficient (Wildman–Crippen LogP) is 3.37. The molecule has 4 nitrogen and oxygen atoms in total. The van der Waals surface area contributed by atoms with E-state index in [9.17, 15) is 4.39 Å². The predicted molar refractivity (Wildman–Crippen MR) is 65.4 cm³/mol. The van der Waals surface area contributed by atoms with Crippen LogP contribution in [0, 0.1) is 5.82 Å². The zero-order valence-electron chi connectivity index (χ0n) is 9.74. The Balaban J connectivity index is 2.09. The summed E-state index contributed by atoms with van der Waals surface area (Å²) in [6.45, 7) is 3.38. The number of hydrogen-bond donors (Lipinski definition) is 1. The fourth-order valence-electron chi connectivity index (χ4n) is 1.33. The van der Waals surface area contributed by atoms with E-state index >= 15 is 0 Å². The number of rotatable bonds is 5. The van der Waals surface area contributed by atoms with Crippen molar-refractivity contribution in [2.45, 2.75) is 13.5 Å². The van der Waals surface area contributed by atoms with Gasteiger partial charge in [0.25, 0.3) is 0 Å². The highest BCUT2D eigenvalue weighted by molar-refractivity contribution is 6.30. The molecule has 0 aliphatic rings. The van der Waals surface area contributed by atoms with Crippen LogP contribution in [0.25, 0.3) is 0 Å². The maximum absolute atomic E-state index is 13.6. The van der Waals surface area contributed by atoms with Crippen LogP contribution in [-0.4, -0.2) is 11.5 Å². The molecule has 1 aromatic heterocycles. The van der Waals surface area contributed by atoms with Crippen molar-refractivity contribution in [2.24, 2.45) is 0 Å². The Kier molecular flexibility index (Phi) is 4.17. The molecule has 6 heteroatoms. The molecular weight excluding hydrogens is 259 g/mol. The second kappa shape index (κ2) is 5.84. The zero-order chi connectivity index (χ0) is 13.0. The van der Waals surface area contributed by atoms with Gasteiger partial charge in [-0.25, -0.2) is 4.39 Å². The van der Waals surface area contributed by atoms with Crippen LogP contribution in [0.15, 0.2) is 28.9 Å². The molecule has 0 fully saturated rings. The standard InChI is InChI=1S/C12H12ClFN2O2/c1-2-15-6-8-7-17-12(16-8)18-10-5-3-4-9(13)11(10)14/h3-5,7,15H,2,6H2,1H3. The Morgan fingerprint density at radius 3 is 3.11 bits per heavy atom. The first kappa shape index (κ1) is 12.9. The highest BCUT2D eigenvalue weighted by atomic mass is 35.5. The minimum Gasteiger partial charge on any atom is -0.417 e. The molecule has 2 rings (SSSR count). The van der Waals surface area contributed by atoms with Gasteiger partial charge in [-0.15, -0.1) is 0 Å². The van der Waals surface area contributed by atoms with Crippen molar-refractivity contribution >= 4 is 11.6 Å². The average molecular weight is 271 g/mol. The van der Waals surface area contributed by atoms with Crippen molar-refractivity contribution in [1.29, 1.82) is 0 Å². The number of aromatic nitrogens is 1. The lowest BCUT2D eigenvalue weighted by Gasteiger charge is -2.02. The maximum atomic E-state index is 13.6. The maximum Gasteiger partial charge on any atom is 0.399 e. The van der Waals surface area contributed by atoms with E-state index in [4.69, 9.17) is 20.8 Å². The van der Waals surface area contributed by atoms with Crippen LogP contribution in [0.4, 0.5) is 4.39 Å². The number of hydrogen-bond acceptors (Lipinski definition) is 4.